The summed E-state index contributed by atoms with van der Waals surface area (Å²) in [5, 5.41) is 12.5. The van der Waals surface area contributed by atoms with Gasteiger partial charge in [0.2, 0.25) is 0 Å². The molecule has 0 aliphatic carbocycles. The molecule has 0 fully saturated rings. The lowest BCUT2D eigenvalue weighted by Crippen LogP contribution is -2.44. The summed E-state index contributed by atoms with van der Waals surface area (Å²) in [6, 6.07) is 30.3. The van der Waals surface area contributed by atoms with E-state index in [1.54, 1.807) is 109 Å². The quantitative estimate of drug-likeness (QED) is 0.0851. The number of para-hydroxylation sites is 2. The number of rotatable bonds is 13. The van der Waals surface area contributed by atoms with Gasteiger partial charge in [-0.3, -0.25) is 14.8 Å². The summed E-state index contributed by atoms with van der Waals surface area (Å²) < 4.78 is 73.0. The molecular weight excluding hydrogens is 875 g/mol. The van der Waals surface area contributed by atoms with Crippen molar-refractivity contribution in [3.63, 3.8) is 0 Å². The first-order valence-electron chi connectivity index (χ1n) is 20.5. The van der Waals surface area contributed by atoms with E-state index >= 15 is 0 Å². The number of amides is 1. The normalized spacial score (nSPS) is 12.9. The van der Waals surface area contributed by atoms with Crippen LogP contribution in [0.4, 0.5) is 9.59 Å². The highest BCUT2D eigenvalue weighted by molar-refractivity contribution is 7.90. The Balaban J connectivity index is 0.000000271. The number of carbonyl (C=O) groups excluding carboxylic acids is 2. The molecule has 0 aliphatic heterocycles. The molecule has 0 saturated carbocycles. The fourth-order valence-electron chi connectivity index (χ4n) is 6.43. The van der Waals surface area contributed by atoms with Crippen molar-refractivity contribution in [1.82, 2.24) is 15.0 Å². The number of aliphatic hydroxyl groups is 1. The molecule has 65 heavy (non-hydrogen) atoms. The van der Waals surface area contributed by atoms with Gasteiger partial charge in [0.25, 0.3) is 0 Å². The van der Waals surface area contributed by atoms with Crippen molar-refractivity contribution in [2.75, 3.05) is 25.7 Å². The SMILES string of the molecule is COc1ccc([C@@H](CS(=O)(=O)Cc2cnc3ccccc3c2)N(OC(=O)OC(C)(C)C)C(=O)OC(C)(C)C)cc1.COc1ccc([C@H](O)CS(=O)(=O)Cc2cnc3ccccc3c2)cc1. The minimum atomic E-state index is -3.91. The number of methoxy groups -OCH3 is 2. The van der Waals surface area contributed by atoms with E-state index in [0.29, 0.717) is 38.8 Å². The van der Waals surface area contributed by atoms with Gasteiger partial charge in [-0.15, -0.1) is 5.06 Å². The molecule has 17 heteroatoms. The maximum Gasteiger partial charge on any atom is 0.534 e. The molecule has 2 atom stereocenters. The number of pyridine rings is 2. The van der Waals surface area contributed by atoms with Crippen molar-refractivity contribution in [3.05, 3.63) is 144 Å². The van der Waals surface area contributed by atoms with Gasteiger partial charge in [-0.2, -0.15) is 0 Å². The molecule has 6 rings (SSSR count). The van der Waals surface area contributed by atoms with Crippen LogP contribution in [0.5, 0.6) is 11.5 Å². The van der Waals surface area contributed by atoms with Gasteiger partial charge in [0.05, 0.1) is 54.4 Å². The number of hydrogen-bond acceptors (Lipinski definition) is 14. The van der Waals surface area contributed by atoms with Crippen molar-refractivity contribution in [2.24, 2.45) is 0 Å². The third kappa shape index (κ3) is 15.4. The lowest BCUT2D eigenvalue weighted by molar-refractivity contribution is -0.153. The second-order valence-electron chi connectivity index (χ2n) is 17.1. The Labute approximate surface area is 380 Å². The molecule has 2 aromatic heterocycles. The molecule has 0 aliphatic rings. The molecule has 15 nitrogen and oxygen atoms in total. The first kappa shape index (κ1) is 49.7. The highest BCUT2D eigenvalue weighted by atomic mass is 32.2. The number of hydrogen-bond donors (Lipinski definition) is 1. The largest absolute Gasteiger partial charge is 0.534 e. The number of fused-ring (bicyclic) bond motifs is 2. The van der Waals surface area contributed by atoms with Gasteiger partial charge in [0, 0.05) is 23.2 Å². The lowest BCUT2D eigenvalue weighted by atomic mass is 10.1. The number of ether oxygens (including phenoxy) is 4. The van der Waals surface area contributed by atoms with E-state index in [1.807, 2.05) is 54.6 Å². The number of sulfone groups is 2. The molecule has 2 heterocycles. The van der Waals surface area contributed by atoms with Crippen molar-refractivity contribution in [1.29, 1.82) is 0 Å². The number of nitrogens with zero attached hydrogens (tertiary/aromatic N) is 3. The van der Waals surface area contributed by atoms with Crippen molar-refractivity contribution in [2.45, 2.75) is 76.4 Å². The molecule has 1 amide bonds. The second kappa shape index (κ2) is 21.1. The summed E-state index contributed by atoms with van der Waals surface area (Å²) in [6.07, 6.45) is -0.246. The summed E-state index contributed by atoms with van der Waals surface area (Å²) in [4.78, 5) is 40.0. The van der Waals surface area contributed by atoms with E-state index in [9.17, 15) is 31.5 Å². The Hall–Kier alpha value is -6.30. The minimum Gasteiger partial charge on any atom is -0.497 e. The lowest BCUT2D eigenvalue weighted by Gasteiger charge is -2.32. The van der Waals surface area contributed by atoms with Gasteiger partial charge in [-0.1, -0.05) is 60.7 Å². The first-order valence-corrected chi connectivity index (χ1v) is 24.1. The summed E-state index contributed by atoms with van der Waals surface area (Å²) in [5.74, 6) is -0.268. The number of aromatic nitrogens is 2. The average molecular weight is 930 g/mol. The first-order chi connectivity index (χ1) is 30.5. The van der Waals surface area contributed by atoms with Gasteiger partial charge in [-0.25, -0.2) is 26.4 Å². The standard InChI is InChI=1S/C29H36N2O8S.C19H19NO4S/c1-28(2,3)37-26(32)31(39-27(33)38-29(4,5)6)25(21-12-14-23(36-7)15-13-21)19-40(34,35)18-20-16-22-10-8-9-11-24(22)30-17-20;1-24-17-8-6-15(7-9-17)19(21)13-25(22,23)12-14-10-16-4-2-3-5-18(16)20-11-14/h8-17,25H,18-19H2,1-7H3;2-11,19,21H,12-13H2,1H3/t25-;19-/m11/s1. The molecule has 0 radical (unpaired) electrons. The van der Waals surface area contributed by atoms with E-state index in [4.69, 9.17) is 23.8 Å². The molecule has 0 unspecified atom stereocenters. The molecule has 1 N–H and O–H groups in total. The van der Waals surface area contributed by atoms with Gasteiger partial charge in [-0.05, 0) is 112 Å². The third-order valence-corrected chi connectivity index (χ3v) is 12.5. The summed E-state index contributed by atoms with van der Waals surface area (Å²) in [6.45, 7) is 9.83. The van der Waals surface area contributed by atoms with Crippen molar-refractivity contribution in [3.8, 4) is 11.5 Å². The smallest absolute Gasteiger partial charge is 0.497 e. The molecule has 0 saturated heterocycles. The second-order valence-corrected chi connectivity index (χ2v) is 21.3. The van der Waals surface area contributed by atoms with Crippen LogP contribution in [0.3, 0.4) is 0 Å². The Kier molecular flexibility index (Phi) is 16.2. The van der Waals surface area contributed by atoms with Crippen LogP contribution in [0.2, 0.25) is 0 Å². The predicted octanol–water partition coefficient (Wildman–Crippen LogP) is 8.90. The highest BCUT2D eigenvalue weighted by Gasteiger charge is 2.37. The van der Waals surface area contributed by atoms with Crippen LogP contribution in [0, 0.1) is 0 Å². The Morgan fingerprint density at radius 1 is 0.615 bits per heavy atom. The average Bonchev–Trinajstić information content (AvgIpc) is 3.23. The molecule has 0 spiro atoms. The summed E-state index contributed by atoms with van der Waals surface area (Å²) in [7, 11) is -4.36. The van der Waals surface area contributed by atoms with Crippen LogP contribution < -0.4 is 9.47 Å². The van der Waals surface area contributed by atoms with E-state index < -0.39 is 61.0 Å². The Morgan fingerprint density at radius 3 is 1.49 bits per heavy atom. The molecule has 6 aromatic rings. The van der Waals surface area contributed by atoms with Crippen LogP contribution >= 0.6 is 0 Å². The van der Waals surface area contributed by atoms with Crippen LogP contribution in [-0.2, 0) is 45.5 Å². The zero-order valence-corrected chi connectivity index (χ0v) is 39.3. The van der Waals surface area contributed by atoms with E-state index in [0.717, 1.165) is 21.8 Å². The Bertz CT molecular complexity index is 2790. The van der Waals surface area contributed by atoms with Crippen LogP contribution in [0.1, 0.15) is 75.9 Å². The van der Waals surface area contributed by atoms with Crippen LogP contribution in [0.15, 0.2) is 122 Å². The Morgan fingerprint density at radius 2 is 1.05 bits per heavy atom. The minimum absolute atomic E-state index is 0.155. The monoisotopic (exact) mass is 929 g/mol. The van der Waals surface area contributed by atoms with Gasteiger partial charge >= 0.3 is 12.2 Å². The summed E-state index contributed by atoms with van der Waals surface area (Å²) in [5.41, 5.74) is 1.67. The molecular formula is C48H55N3O12S2. The van der Waals surface area contributed by atoms with E-state index in [1.165, 1.54) is 13.3 Å². The van der Waals surface area contributed by atoms with Crippen LogP contribution in [-0.4, -0.2) is 86.1 Å². The maximum atomic E-state index is 13.6. The number of benzene rings is 4. The van der Waals surface area contributed by atoms with Gasteiger partial charge in [0.15, 0.2) is 19.7 Å². The van der Waals surface area contributed by atoms with Gasteiger partial charge in [0.1, 0.15) is 28.7 Å². The van der Waals surface area contributed by atoms with E-state index in [-0.39, 0.29) is 17.3 Å². The number of hydroxylamine groups is 2. The van der Waals surface area contributed by atoms with E-state index in [2.05, 4.69) is 9.97 Å². The zero-order chi connectivity index (χ0) is 47.6. The predicted molar refractivity (Wildman–Crippen MR) is 248 cm³/mol. The van der Waals surface area contributed by atoms with Crippen molar-refractivity contribution < 1.29 is 55.3 Å². The summed E-state index contributed by atoms with van der Waals surface area (Å²) >= 11 is 0. The highest BCUT2D eigenvalue weighted by Crippen LogP contribution is 2.30. The topological polar surface area (TPSA) is 198 Å². The van der Waals surface area contributed by atoms with Gasteiger partial charge < -0.3 is 24.1 Å². The molecule has 346 valence electrons. The zero-order valence-electron chi connectivity index (χ0n) is 37.6. The van der Waals surface area contributed by atoms with Crippen molar-refractivity contribution >= 4 is 53.7 Å². The molecule has 0 bridgehead atoms. The fraction of sp³-hybridized carbons (Fsp3) is 0.333. The number of carbonyl (C=O) groups is 2. The fourth-order valence-corrected chi connectivity index (χ4v) is 9.48. The third-order valence-electron chi connectivity index (χ3n) is 9.31. The molecule has 4 aromatic carbocycles. The number of aliphatic hydroxyl groups excluding tert-OH is 1. The maximum absolute atomic E-state index is 13.6. The van der Waals surface area contributed by atoms with Crippen LogP contribution in [0.25, 0.3) is 21.8 Å².